The summed E-state index contributed by atoms with van der Waals surface area (Å²) < 4.78 is 5.49. The highest BCUT2D eigenvalue weighted by Crippen LogP contribution is 2.23. The zero-order chi connectivity index (χ0) is 13.0. The van der Waals surface area contributed by atoms with Gasteiger partial charge in [-0.15, -0.1) is 0 Å². The van der Waals surface area contributed by atoms with Gasteiger partial charge in [0.05, 0.1) is 6.61 Å². The molecule has 18 heavy (non-hydrogen) atoms. The van der Waals surface area contributed by atoms with E-state index in [1.54, 1.807) is 36.4 Å². The Kier molecular flexibility index (Phi) is 3.54. The normalized spacial score (nSPS) is 10.1. The topological polar surface area (TPSA) is 85.4 Å². The molecule has 5 nitrogen and oxygen atoms in total. The minimum atomic E-state index is -0.601. The molecule has 0 aliphatic rings. The fraction of sp³-hybridized carbons (Fsp3) is 0.0769. The van der Waals surface area contributed by atoms with E-state index in [4.69, 9.17) is 15.6 Å². The van der Waals surface area contributed by atoms with Crippen molar-refractivity contribution in [2.24, 2.45) is 5.73 Å². The molecule has 1 aromatic carbocycles. The summed E-state index contributed by atoms with van der Waals surface area (Å²) in [7, 11) is 0. The van der Waals surface area contributed by atoms with E-state index >= 15 is 0 Å². The number of aliphatic hydroxyl groups excluding tert-OH is 1. The molecule has 0 atom stereocenters. The molecule has 1 amide bonds. The third kappa shape index (κ3) is 2.64. The first-order chi connectivity index (χ1) is 8.70. The van der Waals surface area contributed by atoms with Crippen molar-refractivity contribution in [3.63, 3.8) is 0 Å². The van der Waals surface area contributed by atoms with Crippen molar-refractivity contribution in [3.05, 3.63) is 53.7 Å². The molecule has 92 valence electrons. The summed E-state index contributed by atoms with van der Waals surface area (Å²) in [6.45, 7) is -0.0813. The van der Waals surface area contributed by atoms with Crippen LogP contribution in [0.4, 0.5) is 0 Å². The van der Waals surface area contributed by atoms with Gasteiger partial charge in [0.15, 0.2) is 0 Å². The minimum absolute atomic E-state index is 0.0813. The predicted octanol–water partition coefficient (Wildman–Crippen LogP) is 1.47. The molecule has 0 bridgehead atoms. The molecule has 0 spiro atoms. The van der Waals surface area contributed by atoms with Crippen LogP contribution in [0.2, 0.25) is 0 Å². The summed E-state index contributed by atoms with van der Waals surface area (Å²) in [5.74, 6) is 0.0410. The van der Waals surface area contributed by atoms with Crippen LogP contribution in [-0.2, 0) is 6.61 Å². The van der Waals surface area contributed by atoms with Crippen molar-refractivity contribution in [1.82, 2.24) is 4.98 Å². The van der Waals surface area contributed by atoms with Crippen LogP contribution in [0.15, 0.2) is 42.6 Å². The Hall–Kier alpha value is -2.40. The Bertz CT molecular complexity index is 570. The van der Waals surface area contributed by atoms with E-state index in [0.29, 0.717) is 11.3 Å². The number of carbonyl (C=O) groups is 1. The number of rotatable bonds is 4. The SMILES string of the molecule is NC(=O)c1cccnc1Oc1cccc(CO)c1. The molecule has 3 N–H and O–H groups in total. The van der Waals surface area contributed by atoms with Crippen LogP contribution in [0.5, 0.6) is 11.6 Å². The zero-order valence-electron chi connectivity index (χ0n) is 9.54. The van der Waals surface area contributed by atoms with E-state index in [1.807, 2.05) is 0 Å². The first kappa shape index (κ1) is 12.1. The second kappa shape index (κ2) is 5.29. The standard InChI is InChI=1S/C13H12N2O3/c14-12(17)11-5-2-6-15-13(11)18-10-4-1-3-9(7-10)8-16/h1-7,16H,8H2,(H2,14,17). The van der Waals surface area contributed by atoms with Gasteiger partial charge < -0.3 is 15.6 Å². The number of carbonyl (C=O) groups excluding carboxylic acids is 1. The fourth-order valence-electron chi connectivity index (χ4n) is 1.48. The number of amides is 1. The van der Waals surface area contributed by atoms with Crippen LogP contribution < -0.4 is 10.5 Å². The van der Waals surface area contributed by atoms with Gasteiger partial charge in [-0.1, -0.05) is 12.1 Å². The largest absolute Gasteiger partial charge is 0.438 e. The first-order valence-corrected chi connectivity index (χ1v) is 5.33. The fourth-order valence-corrected chi connectivity index (χ4v) is 1.48. The molecule has 0 aliphatic heterocycles. The van der Waals surface area contributed by atoms with Gasteiger partial charge in [0.1, 0.15) is 11.3 Å². The summed E-state index contributed by atoms with van der Waals surface area (Å²) in [6, 6.07) is 10.0. The summed E-state index contributed by atoms with van der Waals surface area (Å²) in [5.41, 5.74) is 6.15. The smallest absolute Gasteiger partial charge is 0.254 e. The molecule has 0 unspecified atom stereocenters. The quantitative estimate of drug-likeness (QED) is 0.852. The van der Waals surface area contributed by atoms with Crippen LogP contribution in [0.1, 0.15) is 15.9 Å². The molecule has 0 aliphatic carbocycles. The summed E-state index contributed by atoms with van der Waals surface area (Å²) >= 11 is 0. The van der Waals surface area contributed by atoms with E-state index in [1.165, 1.54) is 6.20 Å². The maximum absolute atomic E-state index is 11.2. The van der Waals surface area contributed by atoms with Gasteiger partial charge in [-0.25, -0.2) is 4.98 Å². The van der Waals surface area contributed by atoms with Crippen molar-refractivity contribution in [2.75, 3.05) is 0 Å². The Labute approximate surface area is 104 Å². The molecule has 1 aromatic heterocycles. The predicted molar refractivity (Wildman–Crippen MR) is 65.2 cm³/mol. The summed E-state index contributed by atoms with van der Waals surface area (Å²) in [4.78, 5) is 15.2. The van der Waals surface area contributed by atoms with Gasteiger partial charge in [0, 0.05) is 6.20 Å². The third-order valence-corrected chi connectivity index (χ3v) is 2.33. The van der Waals surface area contributed by atoms with Gasteiger partial charge in [-0.3, -0.25) is 4.79 Å². The van der Waals surface area contributed by atoms with Crippen molar-refractivity contribution >= 4 is 5.91 Å². The van der Waals surface area contributed by atoms with Crippen LogP contribution in [0, 0.1) is 0 Å². The molecule has 1 heterocycles. The lowest BCUT2D eigenvalue weighted by Gasteiger charge is -2.08. The first-order valence-electron chi connectivity index (χ1n) is 5.33. The number of pyridine rings is 1. The average molecular weight is 244 g/mol. The highest BCUT2D eigenvalue weighted by Gasteiger charge is 2.10. The van der Waals surface area contributed by atoms with Crippen LogP contribution in [0.3, 0.4) is 0 Å². The van der Waals surface area contributed by atoms with Gasteiger partial charge >= 0.3 is 0 Å². The average Bonchev–Trinajstić information content (AvgIpc) is 2.39. The number of ether oxygens (including phenoxy) is 1. The Morgan fingerprint density at radius 1 is 1.33 bits per heavy atom. The van der Waals surface area contributed by atoms with E-state index in [-0.39, 0.29) is 18.1 Å². The molecular formula is C13H12N2O3. The Morgan fingerprint density at radius 2 is 2.17 bits per heavy atom. The Balaban J connectivity index is 2.31. The molecule has 0 fully saturated rings. The van der Waals surface area contributed by atoms with E-state index in [0.717, 1.165) is 0 Å². The van der Waals surface area contributed by atoms with Crippen molar-refractivity contribution in [3.8, 4) is 11.6 Å². The second-order valence-electron chi connectivity index (χ2n) is 3.63. The molecule has 2 rings (SSSR count). The summed E-state index contributed by atoms with van der Waals surface area (Å²) in [6.07, 6.45) is 1.51. The van der Waals surface area contributed by atoms with Gasteiger partial charge in [-0.2, -0.15) is 0 Å². The minimum Gasteiger partial charge on any atom is -0.438 e. The number of aromatic nitrogens is 1. The third-order valence-electron chi connectivity index (χ3n) is 2.33. The molecular weight excluding hydrogens is 232 g/mol. The van der Waals surface area contributed by atoms with E-state index in [2.05, 4.69) is 4.98 Å². The number of aliphatic hydroxyl groups is 1. The molecule has 5 heteroatoms. The molecule has 2 aromatic rings. The number of primary amides is 1. The van der Waals surface area contributed by atoms with Crippen molar-refractivity contribution < 1.29 is 14.6 Å². The lowest BCUT2D eigenvalue weighted by Crippen LogP contribution is -2.12. The Morgan fingerprint density at radius 3 is 2.89 bits per heavy atom. The number of nitrogens with two attached hydrogens (primary N) is 1. The molecule has 0 radical (unpaired) electrons. The van der Waals surface area contributed by atoms with Crippen molar-refractivity contribution in [1.29, 1.82) is 0 Å². The highest BCUT2D eigenvalue weighted by molar-refractivity contribution is 5.95. The number of benzene rings is 1. The number of nitrogens with zero attached hydrogens (tertiary/aromatic N) is 1. The lowest BCUT2D eigenvalue weighted by molar-refractivity contribution is 0.0997. The van der Waals surface area contributed by atoms with Crippen LogP contribution in [0.25, 0.3) is 0 Å². The van der Waals surface area contributed by atoms with Gasteiger partial charge in [0.2, 0.25) is 5.88 Å². The monoisotopic (exact) mass is 244 g/mol. The number of hydrogen-bond donors (Lipinski definition) is 2. The highest BCUT2D eigenvalue weighted by atomic mass is 16.5. The van der Waals surface area contributed by atoms with E-state index < -0.39 is 5.91 Å². The lowest BCUT2D eigenvalue weighted by atomic mass is 10.2. The maximum Gasteiger partial charge on any atom is 0.254 e. The molecule has 0 saturated carbocycles. The van der Waals surface area contributed by atoms with Crippen LogP contribution in [-0.4, -0.2) is 16.0 Å². The molecule has 0 saturated heterocycles. The number of hydrogen-bond acceptors (Lipinski definition) is 4. The van der Waals surface area contributed by atoms with Crippen LogP contribution >= 0.6 is 0 Å². The van der Waals surface area contributed by atoms with Crippen molar-refractivity contribution in [2.45, 2.75) is 6.61 Å². The maximum atomic E-state index is 11.2. The van der Waals surface area contributed by atoms with E-state index in [9.17, 15) is 4.79 Å². The summed E-state index contributed by atoms with van der Waals surface area (Å²) in [5, 5.41) is 9.03. The van der Waals surface area contributed by atoms with Gasteiger partial charge in [-0.05, 0) is 29.8 Å². The van der Waals surface area contributed by atoms with Gasteiger partial charge in [0.25, 0.3) is 5.91 Å². The second-order valence-corrected chi connectivity index (χ2v) is 3.63. The zero-order valence-corrected chi connectivity index (χ0v) is 9.54.